The highest BCUT2D eigenvalue weighted by Crippen LogP contribution is 2.30. The van der Waals surface area contributed by atoms with E-state index in [1.807, 2.05) is 57.2 Å². The van der Waals surface area contributed by atoms with Gasteiger partial charge in [-0.2, -0.15) is 0 Å². The lowest BCUT2D eigenvalue weighted by atomic mass is 9.88. The number of carboxylic acid groups (broad SMARTS) is 1. The minimum Gasteiger partial charge on any atom is -0.465 e. The van der Waals surface area contributed by atoms with Crippen molar-refractivity contribution in [3.8, 4) is 0 Å². The molecule has 1 aromatic heterocycles. The maximum atomic E-state index is 12.7. The summed E-state index contributed by atoms with van der Waals surface area (Å²) in [4.78, 5) is 35.1. The van der Waals surface area contributed by atoms with Gasteiger partial charge < -0.3 is 20.6 Å². The zero-order valence-electron chi connectivity index (χ0n) is 20.5. The Kier molecular flexibility index (Phi) is 7.19. The van der Waals surface area contributed by atoms with E-state index in [0.29, 0.717) is 23.6 Å². The first-order valence-corrected chi connectivity index (χ1v) is 12.1. The zero-order valence-corrected chi connectivity index (χ0v) is 20.5. The van der Waals surface area contributed by atoms with Crippen LogP contribution >= 0.6 is 0 Å². The molecular formula is C27H33N5O3. The van der Waals surface area contributed by atoms with Crippen LogP contribution in [0.4, 0.5) is 10.7 Å². The van der Waals surface area contributed by atoms with Crippen molar-refractivity contribution in [1.82, 2.24) is 20.2 Å². The lowest BCUT2D eigenvalue weighted by Gasteiger charge is -2.42. The third-order valence-electron chi connectivity index (χ3n) is 6.46. The van der Waals surface area contributed by atoms with E-state index >= 15 is 0 Å². The number of nitrogens with zero attached hydrogens (tertiary/aromatic N) is 3. The molecular weight excluding hydrogens is 442 g/mol. The first kappa shape index (κ1) is 24.4. The van der Waals surface area contributed by atoms with Crippen molar-refractivity contribution in [3.63, 3.8) is 0 Å². The normalized spacial score (nSPS) is 18.1. The molecule has 3 aromatic rings. The summed E-state index contributed by atoms with van der Waals surface area (Å²) in [5.41, 5.74) is 1.87. The Balaban J connectivity index is 1.39. The minimum atomic E-state index is -0.865. The Labute approximate surface area is 205 Å². The molecule has 0 atom stereocenters. The summed E-state index contributed by atoms with van der Waals surface area (Å²) in [6, 6.07) is 15.4. The van der Waals surface area contributed by atoms with Gasteiger partial charge in [-0.05, 0) is 64.2 Å². The van der Waals surface area contributed by atoms with E-state index in [1.54, 1.807) is 23.2 Å². The van der Waals surface area contributed by atoms with Gasteiger partial charge in [0.1, 0.15) is 0 Å². The molecule has 0 aliphatic heterocycles. The van der Waals surface area contributed by atoms with E-state index in [9.17, 15) is 14.7 Å². The fraction of sp³-hybridized carbons (Fsp3) is 0.407. The Morgan fingerprint density at radius 1 is 1.06 bits per heavy atom. The maximum Gasteiger partial charge on any atom is 0.407 e. The van der Waals surface area contributed by atoms with E-state index in [-0.39, 0.29) is 18.0 Å². The molecule has 0 radical (unpaired) electrons. The van der Waals surface area contributed by atoms with Gasteiger partial charge in [0.15, 0.2) is 0 Å². The second-order valence-corrected chi connectivity index (χ2v) is 10.1. The van der Waals surface area contributed by atoms with Crippen LogP contribution in [0.15, 0.2) is 54.7 Å². The maximum absolute atomic E-state index is 12.7. The highest BCUT2D eigenvalue weighted by atomic mass is 16.4. The standard InChI is InChI=1S/C27H33N5O3/c1-27(2,3)32(26(34)35)22-13-11-21(12-14-22)30-25-29-17-20-10-9-19(15-23(20)31-25)24(33)28-16-18-7-5-4-6-8-18/h4-10,15,17,21-22H,11-14,16H2,1-3H3,(H,28,33)(H,34,35)(H,29,30,31). The van der Waals surface area contributed by atoms with Crippen LogP contribution in [0, 0.1) is 0 Å². The van der Waals surface area contributed by atoms with E-state index in [2.05, 4.69) is 20.6 Å². The zero-order chi connectivity index (χ0) is 25.0. The van der Waals surface area contributed by atoms with Gasteiger partial charge in [-0.1, -0.05) is 36.4 Å². The minimum absolute atomic E-state index is 0.0139. The van der Waals surface area contributed by atoms with Crippen LogP contribution in [0.1, 0.15) is 62.4 Å². The molecule has 2 aromatic carbocycles. The number of carbonyl (C=O) groups excluding carboxylic acids is 1. The summed E-state index contributed by atoms with van der Waals surface area (Å²) in [6.07, 6.45) is 4.16. The number of anilines is 1. The van der Waals surface area contributed by atoms with Crippen LogP contribution in [0.3, 0.4) is 0 Å². The largest absolute Gasteiger partial charge is 0.465 e. The number of aromatic nitrogens is 2. The molecule has 0 unspecified atom stereocenters. The second kappa shape index (κ2) is 10.3. The molecule has 0 spiro atoms. The summed E-state index contributed by atoms with van der Waals surface area (Å²) in [5, 5.41) is 16.9. The predicted octanol–water partition coefficient (Wildman–Crippen LogP) is 5.06. The first-order chi connectivity index (χ1) is 16.7. The second-order valence-electron chi connectivity index (χ2n) is 10.1. The SMILES string of the molecule is CC(C)(C)N(C(=O)O)C1CCC(Nc2ncc3ccc(C(=O)NCc4ccccc4)cc3n2)CC1. The number of hydrogen-bond acceptors (Lipinski definition) is 5. The van der Waals surface area contributed by atoms with Gasteiger partial charge in [0, 0.05) is 41.3 Å². The average molecular weight is 476 g/mol. The van der Waals surface area contributed by atoms with Crippen LogP contribution in [0.2, 0.25) is 0 Å². The van der Waals surface area contributed by atoms with Crippen molar-refractivity contribution in [3.05, 3.63) is 65.9 Å². The van der Waals surface area contributed by atoms with Gasteiger partial charge in [0.25, 0.3) is 5.91 Å². The van der Waals surface area contributed by atoms with Gasteiger partial charge >= 0.3 is 6.09 Å². The molecule has 1 fully saturated rings. The third kappa shape index (κ3) is 6.07. The quantitative estimate of drug-likeness (QED) is 0.460. The predicted molar refractivity (Wildman–Crippen MR) is 136 cm³/mol. The van der Waals surface area contributed by atoms with Crippen molar-refractivity contribution in [2.45, 2.75) is 70.6 Å². The van der Waals surface area contributed by atoms with E-state index in [1.165, 1.54) is 0 Å². The van der Waals surface area contributed by atoms with Gasteiger partial charge in [0.05, 0.1) is 5.52 Å². The molecule has 3 N–H and O–H groups in total. The lowest BCUT2D eigenvalue weighted by molar-refractivity contribution is 0.0556. The number of carbonyl (C=O) groups is 2. The summed E-state index contributed by atoms with van der Waals surface area (Å²) in [6.45, 7) is 6.27. The monoisotopic (exact) mass is 475 g/mol. The van der Waals surface area contributed by atoms with Crippen LogP contribution in [0.5, 0.6) is 0 Å². The number of benzene rings is 2. The van der Waals surface area contributed by atoms with Gasteiger partial charge in [0.2, 0.25) is 5.95 Å². The fourth-order valence-corrected chi connectivity index (χ4v) is 4.77. The molecule has 8 heteroatoms. The molecule has 2 amide bonds. The summed E-state index contributed by atoms with van der Waals surface area (Å²) in [5.74, 6) is 0.373. The van der Waals surface area contributed by atoms with Crippen molar-refractivity contribution in [2.24, 2.45) is 0 Å². The molecule has 1 heterocycles. The van der Waals surface area contributed by atoms with E-state index < -0.39 is 11.6 Å². The molecule has 0 saturated heterocycles. The summed E-state index contributed by atoms with van der Waals surface area (Å²) < 4.78 is 0. The highest BCUT2D eigenvalue weighted by Gasteiger charge is 2.35. The molecule has 8 nitrogen and oxygen atoms in total. The Hall–Kier alpha value is -3.68. The average Bonchev–Trinajstić information content (AvgIpc) is 2.83. The fourth-order valence-electron chi connectivity index (χ4n) is 4.77. The Morgan fingerprint density at radius 3 is 2.43 bits per heavy atom. The smallest absolute Gasteiger partial charge is 0.407 e. The Morgan fingerprint density at radius 2 is 1.77 bits per heavy atom. The topological polar surface area (TPSA) is 107 Å². The summed E-state index contributed by atoms with van der Waals surface area (Å²) >= 11 is 0. The summed E-state index contributed by atoms with van der Waals surface area (Å²) in [7, 11) is 0. The number of amides is 2. The molecule has 1 aliphatic rings. The van der Waals surface area contributed by atoms with Crippen molar-refractivity contribution in [2.75, 3.05) is 5.32 Å². The van der Waals surface area contributed by atoms with E-state index in [4.69, 9.17) is 0 Å². The third-order valence-corrected chi connectivity index (χ3v) is 6.46. The van der Waals surface area contributed by atoms with Crippen LogP contribution < -0.4 is 10.6 Å². The number of fused-ring (bicyclic) bond motifs is 1. The van der Waals surface area contributed by atoms with E-state index in [0.717, 1.165) is 36.6 Å². The number of rotatable bonds is 6. The highest BCUT2D eigenvalue weighted by molar-refractivity contribution is 5.97. The lowest BCUT2D eigenvalue weighted by Crippen LogP contribution is -2.52. The van der Waals surface area contributed by atoms with Gasteiger partial charge in [-0.15, -0.1) is 0 Å². The molecule has 184 valence electrons. The van der Waals surface area contributed by atoms with Crippen LogP contribution in [-0.4, -0.2) is 49.6 Å². The van der Waals surface area contributed by atoms with Gasteiger partial charge in [-0.3, -0.25) is 4.79 Å². The molecule has 1 saturated carbocycles. The first-order valence-electron chi connectivity index (χ1n) is 12.1. The Bertz CT molecular complexity index is 1180. The van der Waals surface area contributed by atoms with Crippen molar-refractivity contribution >= 4 is 28.9 Å². The van der Waals surface area contributed by atoms with Crippen LogP contribution in [-0.2, 0) is 6.54 Å². The number of hydrogen-bond donors (Lipinski definition) is 3. The van der Waals surface area contributed by atoms with Crippen molar-refractivity contribution < 1.29 is 14.7 Å². The molecule has 1 aliphatic carbocycles. The molecule has 4 rings (SSSR count). The van der Waals surface area contributed by atoms with Gasteiger partial charge in [-0.25, -0.2) is 14.8 Å². The molecule has 35 heavy (non-hydrogen) atoms. The number of nitrogens with one attached hydrogen (secondary N) is 2. The molecule has 0 bridgehead atoms. The van der Waals surface area contributed by atoms with Crippen molar-refractivity contribution in [1.29, 1.82) is 0 Å². The van der Waals surface area contributed by atoms with Crippen LogP contribution in [0.25, 0.3) is 10.9 Å².